The van der Waals surface area contributed by atoms with Gasteiger partial charge in [-0.2, -0.15) is 4.31 Å². The highest BCUT2D eigenvalue weighted by molar-refractivity contribution is 7.89. The average molecular weight is 437 g/mol. The van der Waals surface area contributed by atoms with Crippen molar-refractivity contribution in [1.29, 1.82) is 0 Å². The summed E-state index contributed by atoms with van der Waals surface area (Å²) in [4.78, 5) is 12.5. The number of ether oxygens (including phenoxy) is 3. The molecule has 164 valence electrons. The monoisotopic (exact) mass is 436 g/mol. The van der Waals surface area contributed by atoms with Crippen LogP contribution in [0.1, 0.15) is 29.8 Å². The second-order valence-corrected chi connectivity index (χ2v) is 8.99. The number of nitrogens with zero attached hydrogens (tertiary/aromatic N) is 1. The van der Waals surface area contributed by atoms with Crippen LogP contribution in [0.4, 0.5) is 0 Å². The van der Waals surface area contributed by atoms with E-state index in [0.717, 1.165) is 5.56 Å². The van der Waals surface area contributed by atoms with Gasteiger partial charge in [0.15, 0.2) is 11.5 Å². The number of carbonyl (C=O) groups excluding carboxylic acids is 1. The molecular formula is C21H28N2O6S. The second kappa shape index (κ2) is 9.82. The molecule has 0 aliphatic heterocycles. The van der Waals surface area contributed by atoms with Gasteiger partial charge in [-0.1, -0.05) is 6.07 Å². The zero-order valence-corrected chi connectivity index (χ0v) is 18.9. The number of carbonyl (C=O) groups is 1. The first-order chi connectivity index (χ1) is 14.1. The molecule has 2 aromatic carbocycles. The van der Waals surface area contributed by atoms with Crippen molar-refractivity contribution >= 4 is 15.9 Å². The molecule has 2 aromatic rings. The molecule has 9 heteroatoms. The lowest BCUT2D eigenvalue weighted by molar-refractivity contribution is 0.0940. The van der Waals surface area contributed by atoms with Crippen molar-refractivity contribution in [1.82, 2.24) is 9.62 Å². The van der Waals surface area contributed by atoms with E-state index in [9.17, 15) is 13.2 Å². The van der Waals surface area contributed by atoms with Gasteiger partial charge in [0.1, 0.15) is 5.75 Å². The zero-order chi connectivity index (χ0) is 22.5. The number of sulfonamides is 1. The Balaban J connectivity index is 2.35. The van der Waals surface area contributed by atoms with Crippen molar-refractivity contribution in [2.75, 3.05) is 28.4 Å². The van der Waals surface area contributed by atoms with E-state index in [2.05, 4.69) is 5.32 Å². The molecule has 0 unspecified atom stereocenters. The van der Waals surface area contributed by atoms with E-state index in [-0.39, 0.29) is 23.0 Å². The lowest BCUT2D eigenvalue weighted by Gasteiger charge is -2.19. The van der Waals surface area contributed by atoms with Crippen LogP contribution in [-0.4, -0.2) is 53.0 Å². The Hall–Kier alpha value is -2.78. The van der Waals surface area contributed by atoms with Crippen molar-refractivity contribution in [3.05, 3.63) is 47.5 Å². The molecule has 0 spiro atoms. The number of rotatable bonds is 9. The highest BCUT2D eigenvalue weighted by Gasteiger charge is 2.24. The van der Waals surface area contributed by atoms with Gasteiger partial charge in [0.25, 0.3) is 5.91 Å². The van der Waals surface area contributed by atoms with Crippen LogP contribution in [0, 0.1) is 0 Å². The molecule has 30 heavy (non-hydrogen) atoms. The Labute approximate surface area is 177 Å². The SMILES string of the molecule is COc1ccc(CN(C)S(=O)(=O)c2ccc(OC)c(C(=O)NC(C)C)c2)cc1OC. The van der Waals surface area contributed by atoms with E-state index in [0.29, 0.717) is 17.2 Å². The van der Waals surface area contributed by atoms with Crippen molar-refractivity contribution in [3.8, 4) is 17.2 Å². The predicted molar refractivity (Wildman–Crippen MR) is 114 cm³/mol. The average Bonchev–Trinajstić information content (AvgIpc) is 2.72. The third-order valence-corrected chi connectivity index (χ3v) is 6.20. The second-order valence-electron chi connectivity index (χ2n) is 6.94. The summed E-state index contributed by atoms with van der Waals surface area (Å²) in [5.74, 6) is 0.969. The summed E-state index contributed by atoms with van der Waals surface area (Å²) in [6, 6.07) is 9.34. The maximum absolute atomic E-state index is 13.1. The fourth-order valence-electron chi connectivity index (χ4n) is 2.87. The number of amides is 1. The summed E-state index contributed by atoms with van der Waals surface area (Å²) in [7, 11) is 2.10. The predicted octanol–water partition coefficient (Wildman–Crippen LogP) is 2.67. The number of methoxy groups -OCH3 is 3. The van der Waals surface area contributed by atoms with Gasteiger partial charge in [0.05, 0.1) is 31.8 Å². The van der Waals surface area contributed by atoms with Gasteiger partial charge in [0, 0.05) is 19.6 Å². The molecule has 2 rings (SSSR count). The van der Waals surface area contributed by atoms with E-state index in [1.165, 1.54) is 50.9 Å². The van der Waals surface area contributed by atoms with Crippen molar-refractivity contribution in [2.24, 2.45) is 0 Å². The minimum atomic E-state index is -3.86. The zero-order valence-electron chi connectivity index (χ0n) is 18.1. The quantitative estimate of drug-likeness (QED) is 0.650. The van der Waals surface area contributed by atoms with Gasteiger partial charge in [-0.05, 0) is 49.7 Å². The fraction of sp³-hybridized carbons (Fsp3) is 0.381. The minimum Gasteiger partial charge on any atom is -0.496 e. The fourth-order valence-corrected chi connectivity index (χ4v) is 4.05. The first-order valence-electron chi connectivity index (χ1n) is 9.30. The lowest BCUT2D eigenvalue weighted by Crippen LogP contribution is -2.31. The molecular weight excluding hydrogens is 408 g/mol. The highest BCUT2D eigenvalue weighted by Crippen LogP contribution is 2.29. The van der Waals surface area contributed by atoms with Gasteiger partial charge >= 0.3 is 0 Å². The molecule has 0 atom stereocenters. The molecule has 0 aliphatic carbocycles. The normalized spacial score (nSPS) is 11.5. The first-order valence-corrected chi connectivity index (χ1v) is 10.7. The minimum absolute atomic E-state index is 0.000169. The maximum Gasteiger partial charge on any atom is 0.255 e. The van der Waals surface area contributed by atoms with Crippen molar-refractivity contribution in [3.63, 3.8) is 0 Å². The Morgan fingerprint density at radius 2 is 1.57 bits per heavy atom. The summed E-state index contributed by atoms with van der Waals surface area (Å²) in [6.07, 6.45) is 0. The topological polar surface area (TPSA) is 94.2 Å². The summed E-state index contributed by atoms with van der Waals surface area (Å²) in [5.41, 5.74) is 0.886. The van der Waals surface area contributed by atoms with Gasteiger partial charge in [-0.25, -0.2) is 8.42 Å². The van der Waals surface area contributed by atoms with E-state index in [4.69, 9.17) is 14.2 Å². The number of hydrogen-bond donors (Lipinski definition) is 1. The number of benzene rings is 2. The standard InChI is InChI=1S/C21H28N2O6S/c1-14(2)22-21(24)17-12-16(8-10-18(17)27-4)30(25,26)23(3)13-15-7-9-19(28-5)20(11-15)29-6/h7-12,14H,13H2,1-6H3,(H,22,24). The van der Waals surface area contributed by atoms with E-state index < -0.39 is 15.9 Å². The van der Waals surface area contributed by atoms with Crippen LogP contribution in [0.25, 0.3) is 0 Å². The summed E-state index contributed by atoms with van der Waals surface area (Å²) >= 11 is 0. The van der Waals surface area contributed by atoms with Crippen LogP contribution >= 0.6 is 0 Å². The van der Waals surface area contributed by atoms with Crippen LogP contribution < -0.4 is 19.5 Å². The Morgan fingerprint density at radius 3 is 2.13 bits per heavy atom. The molecule has 0 fully saturated rings. The third kappa shape index (κ3) is 5.22. The highest BCUT2D eigenvalue weighted by atomic mass is 32.2. The summed E-state index contributed by atoms with van der Waals surface area (Å²) in [6.45, 7) is 3.76. The molecule has 1 amide bonds. The third-order valence-electron chi connectivity index (χ3n) is 4.40. The lowest BCUT2D eigenvalue weighted by atomic mass is 10.2. The van der Waals surface area contributed by atoms with Crippen LogP contribution in [0.15, 0.2) is 41.3 Å². The van der Waals surface area contributed by atoms with Gasteiger partial charge in [-0.15, -0.1) is 0 Å². The molecule has 8 nitrogen and oxygen atoms in total. The Morgan fingerprint density at radius 1 is 0.967 bits per heavy atom. The smallest absolute Gasteiger partial charge is 0.255 e. The van der Waals surface area contributed by atoms with E-state index in [1.54, 1.807) is 18.2 Å². The molecule has 0 heterocycles. The maximum atomic E-state index is 13.1. The van der Waals surface area contributed by atoms with Crippen LogP contribution in [0.5, 0.6) is 17.2 Å². The van der Waals surface area contributed by atoms with Crippen molar-refractivity contribution in [2.45, 2.75) is 31.3 Å². The van der Waals surface area contributed by atoms with Gasteiger partial charge in [0.2, 0.25) is 10.0 Å². The molecule has 0 aliphatic rings. The molecule has 1 N–H and O–H groups in total. The molecule has 0 bridgehead atoms. The first kappa shape index (κ1) is 23.5. The molecule has 0 saturated carbocycles. The molecule has 0 saturated heterocycles. The van der Waals surface area contributed by atoms with Gasteiger partial charge in [-0.3, -0.25) is 4.79 Å². The summed E-state index contributed by atoms with van der Waals surface area (Å²) in [5, 5.41) is 2.75. The van der Waals surface area contributed by atoms with Crippen LogP contribution in [0.2, 0.25) is 0 Å². The molecule has 0 radical (unpaired) electrons. The largest absolute Gasteiger partial charge is 0.496 e. The van der Waals surface area contributed by atoms with Gasteiger partial charge < -0.3 is 19.5 Å². The Bertz CT molecular complexity index is 1000. The van der Waals surface area contributed by atoms with Crippen LogP contribution in [0.3, 0.4) is 0 Å². The van der Waals surface area contributed by atoms with Crippen LogP contribution in [-0.2, 0) is 16.6 Å². The number of nitrogens with one attached hydrogen (secondary N) is 1. The molecule has 0 aromatic heterocycles. The summed E-state index contributed by atoms with van der Waals surface area (Å²) < 4.78 is 43.1. The van der Waals surface area contributed by atoms with E-state index >= 15 is 0 Å². The van der Waals surface area contributed by atoms with E-state index in [1.807, 2.05) is 13.8 Å². The number of hydrogen-bond acceptors (Lipinski definition) is 6. The van der Waals surface area contributed by atoms with Crippen molar-refractivity contribution < 1.29 is 27.4 Å². The Kier molecular flexibility index (Phi) is 7.69.